The van der Waals surface area contributed by atoms with E-state index in [1.165, 1.54) is 4.88 Å². The molecule has 2 atom stereocenters. The summed E-state index contributed by atoms with van der Waals surface area (Å²) in [7, 11) is 0. The average Bonchev–Trinajstić information content (AvgIpc) is 3.50. The Morgan fingerprint density at radius 1 is 1.09 bits per heavy atom. The number of hydrogen-bond acceptors (Lipinski definition) is 7. The molecule has 0 aliphatic carbocycles. The van der Waals surface area contributed by atoms with E-state index < -0.39 is 11.8 Å². The molecule has 172 valence electrons. The number of thiophene rings is 1. The van der Waals surface area contributed by atoms with Crippen molar-refractivity contribution in [1.82, 2.24) is 20.4 Å². The first-order valence-electron chi connectivity index (χ1n) is 11.0. The summed E-state index contributed by atoms with van der Waals surface area (Å²) in [4.78, 5) is 31.1. The molecule has 0 spiro atoms. The maximum atomic E-state index is 12.6. The maximum Gasteiger partial charge on any atom is 0.309 e. The van der Waals surface area contributed by atoms with Crippen LogP contribution in [-0.2, 0) is 16.1 Å². The number of carbonyl (C=O) groups is 2. The minimum Gasteiger partial charge on any atom is -0.454 e. The molecule has 2 unspecified atom stereocenters. The summed E-state index contributed by atoms with van der Waals surface area (Å²) in [5.74, 6) is 0.0741. The Morgan fingerprint density at radius 3 is 2.59 bits per heavy atom. The van der Waals surface area contributed by atoms with Crippen molar-refractivity contribution in [3.8, 4) is 11.5 Å². The van der Waals surface area contributed by atoms with Crippen molar-refractivity contribution < 1.29 is 19.1 Å². The number of nitrogens with zero attached hydrogens (tertiary/aromatic N) is 2. The first-order valence-corrected chi connectivity index (χ1v) is 11.9. The Morgan fingerprint density at radius 2 is 1.88 bits per heavy atom. The van der Waals surface area contributed by atoms with Gasteiger partial charge in [-0.3, -0.25) is 14.5 Å². The summed E-state index contributed by atoms with van der Waals surface area (Å²) in [6, 6.07) is 9.43. The van der Waals surface area contributed by atoms with Crippen molar-refractivity contribution >= 4 is 23.2 Å². The first kappa shape index (κ1) is 22.6. The van der Waals surface area contributed by atoms with Gasteiger partial charge in [0, 0.05) is 43.6 Å². The molecule has 8 nitrogen and oxygen atoms in total. The van der Waals surface area contributed by atoms with E-state index in [2.05, 4.69) is 38.8 Å². The van der Waals surface area contributed by atoms with Crippen LogP contribution >= 0.6 is 11.3 Å². The van der Waals surface area contributed by atoms with E-state index in [1.54, 1.807) is 17.4 Å². The van der Waals surface area contributed by atoms with Crippen LogP contribution in [0.25, 0.3) is 0 Å². The van der Waals surface area contributed by atoms with Crippen LogP contribution in [0.1, 0.15) is 30.3 Å². The van der Waals surface area contributed by atoms with Gasteiger partial charge in [0.2, 0.25) is 6.79 Å². The first-order chi connectivity index (χ1) is 15.5. The molecule has 2 amide bonds. The van der Waals surface area contributed by atoms with E-state index in [0.29, 0.717) is 11.5 Å². The fourth-order valence-corrected chi connectivity index (χ4v) is 5.19. The van der Waals surface area contributed by atoms with Gasteiger partial charge in [0.25, 0.3) is 0 Å². The van der Waals surface area contributed by atoms with Crippen LogP contribution in [0.5, 0.6) is 11.5 Å². The molecule has 3 heterocycles. The molecule has 1 aromatic heterocycles. The van der Waals surface area contributed by atoms with E-state index in [4.69, 9.17) is 9.47 Å². The molecule has 32 heavy (non-hydrogen) atoms. The Bertz CT molecular complexity index is 928. The highest BCUT2D eigenvalue weighted by Gasteiger charge is 2.31. The number of ether oxygens (including phenoxy) is 2. The number of carbonyl (C=O) groups excluding carboxylic acids is 2. The molecule has 2 N–H and O–H groups in total. The van der Waals surface area contributed by atoms with Crippen LogP contribution in [0.3, 0.4) is 0 Å². The van der Waals surface area contributed by atoms with Crippen LogP contribution in [0.4, 0.5) is 0 Å². The van der Waals surface area contributed by atoms with Gasteiger partial charge in [-0.15, -0.1) is 11.3 Å². The molecule has 4 rings (SSSR count). The lowest BCUT2D eigenvalue weighted by Crippen LogP contribution is -2.53. The summed E-state index contributed by atoms with van der Waals surface area (Å²) in [5, 5.41) is 7.67. The molecule has 2 aliphatic heterocycles. The van der Waals surface area contributed by atoms with Gasteiger partial charge in [-0.2, -0.15) is 0 Å². The molecule has 1 fully saturated rings. The van der Waals surface area contributed by atoms with Crippen LogP contribution in [-0.4, -0.2) is 67.2 Å². The summed E-state index contributed by atoms with van der Waals surface area (Å²) in [6.45, 7) is 9.53. The molecule has 1 saturated heterocycles. The summed E-state index contributed by atoms with van der Waals surface area (Å²) >= 11 is 1.68. The van der Waals surface area contributed by atoms with Gasteiger partial charge in [-0.1, -0.05) is 19.1 Å². The third-order valence-corrected chi connectivity index (χ3v) is 6.95. The molecule has 0 saturated carbocycles. The van der Waals surface area contributed by atoms with Gasteiger partial charge in [-0.05, 0) is 42.6 Å². The smallest absolute Gasteiger partial charge is 0.309 e. The standard InChI is InChI=1S/C23H30N4O4S/c1-3-26-8-10-27(11-9-26)21(20-5-4-12-32-20)16(2)25-23(29)22(28)24-14-17-6-7-18-19(13-17)31-15-30-18/h4-7,12-13,16,21H,3,8-11,14-15H2,1-2H3,(H,24,28)(H,25,29). The van der Waals surface area contributed by atoms with E-state index in [-0.39, 0.29) is 25.4 Å². The van der Waals surface area contributed by atoms with Crippen molar-refractivity contribution in [2.75, 3.05) is 39.5 Å². The van der Waals surface area contributed by atoms with Gasteiger partial charge in [0.1, 0.15) is 0 Å². The predicted octanol–water partition coefficient (Wildman–Crippen LogP) is 1.98. The number of nitrogens with one attached hydrogen (secondary N) is 2. The fourth-order valence-electron chi connectivity index (χ4n) is 4.22. The Kier molecular flexibility index (Phi) is 7.29. The molecular formula is C23H30N4O4S. The molecule has 2 aromatic rings. The van der Waals surface area contributed by atoms with E-state index in [9.17, 15) is 9.59 Å². The minimum atomic E-state index is -0.643. The molecule has 2 aliphatic rings. The Hall–Kier alpha value is -2.62. The number of benzene rings is 1. The zero-order valence-electron chi connectivity index (χ0n) is 18.5. The van der Waals surface area contributed by atoms with Crippen molar-refractivity contribution in [1.29, 1.82) is 0 Å². The highest BCUT2D eigenvalue weighted by atomic mass is 32.1. The monoisotopic (exact) mass is 458 g/mol. The lowest BCUT2D eigenvalue weighted by molar-refractivity contribution is -0.140. The molecular weight excluding hydrogens is 428 g/mol. The van der Waals surface area contributed by atoms with Crippen LogP contribution < -0.4 is 20.1 Å². The largest absolute Gasteiger partial charge is 0.454 e. The fraction of sp³-hybridized carbons (Fsp3) is 0.478. The molecule has 1 aromatic carbocycles. The Balaban J connectivity index is 1.34. The van der Waals surface area contributed by atoms with Crippen LogP contribution in [0, 0.1) is 0 Å². The SMILES string of the molecule is CCN1CCN(C(c2cccs2)C(C)NC(=O)C(=O)NCc2ccc3c(c2)OCO3)CC1. The van der Waals surface area contributed by atoms with Gasteiger partial charge >= 0.3 is 11.8 Å². The van der Waals surface area contributed by atoms with Gasteiger partial charge in [-0.25, -0.2) is 0 Å². The number of likely N-dealkylation sites (N-methyl/N-ethyl adjacent to an activating group) is 1. The van der Waals surface area contributed by atoms with Crippen molar-refractivity contribution in [3.63, 3.8) is 0 Å². The molecule has 9 heteroatoms. The number of piperazine rings is 1. The highest BCUT2D eigenvalue weighted by molar-refractivity contribution is 7.10. The second-order valence-corrected chi connectivity index (χ2v) is 9.04. The zero-order chi connectivity index (χ0) is 22.5. The number of hydrogen-bond donors (Lipinski definition) is 2. The van der Waals surface area contributed by atoms with E-state index >= 15 is 0 Å². The normalized spacial score (nSPS) is 18.2. The second-order valence-electron chi connectivity index (χ2n) is 8.06. The third kappa shape index (κ3) is 5.23. The number of fused-ring (bicyclic) bond motifs is 1. The van der Waals surface area contributed by atoms with Gasteiger partial charge in [0.05, 0.1) is 6.04 Å². The quantitative estimate of drug-likeness (QED) is 0.618. The van der Waals surface area contributed by atoms with E-state index in [0.717, 1.165) is 38.3 Å². The lowest BCUT2D eigenvalue weighted by Gasteiger charge is -2.41. The molecule has 0 radical (unpaired) electrons. The predicted molar refractivity (Wildman–Crippen MR) is 123 cm³/mol. The van der Waals surface area contributed by atoms with Crippen molar-refractivity contribution in [3.05, 3.63) is 46.2 Å². The number of amides is 2. The van der Waals surface area contributed by atoms with Crippen molar-refractivity contribution in [2.45, 2.75) is 32.5 Å². The van der Waals surface area contributed by atoms with Crippen molar-refractivity contribution in [2.24, 2.45) is 0 Å². The minimum absolute atomic E-state index is 0.0413. The van der Waals surface area contributed by atoms with Crippen LogP contribution in [0.15, 0.2) is 35.7 Å². The van der Waals surface area contributed by atoms with Crippen LogP contribution in [0.2, 0.25) is 0 Å². The van der Waals surface area contributed by atoms with E-state index in [1.807, 2.05) is 25.1 Å². The topological polar surface area (TPSA) is 83.1 Å². The third-order valence-electron chi connectivity index (χ3n) is 6.01. The summed E-state index contributed by atoms with van der Waals surface area (Å²) in [6.07, 6.45) is 0. The average molecular weight is 459 g/mol. The highest BCUT2D eigenvalue weighted by Crippen LogP contribution is 2.32. The maximum absolute atomic E-state index is 12.6. The second kappa shape index (κ2) is 10.3. The number of rotatable bonds is 7. The Labute approximate surface area is 192 Å². The summed E-state index contributed by atoms with van der Waals surface area (Å²) in [5.41, 5.74) is 0.841. The lowest BCUT2D eigenvalue weighted by atomic mass is 10.0. The summed E-state index contributed by atoms with van der Waals surface area (Å²) < 4.78 is 10.7. The zero-order valence-corrected chi connectivity index (χ0v) is 19.3. The molecule has 0 bridgehead atoms. The van der Waals surface area contributed by atoms with Gasteiger partial charge in [0.15, 0.2) is 11.5 Å². The van der Waals surface area contributed by atoms with Gasteiger partial charge < -0.3 is 25.0 Å².